The van der Waals surface area contributed by atoms with Crippen molar-refractivity contribution in [1.82, 2.24) is 4.90 Å². The molecule has 1 saturated heterocycles. The highest BCUT2D eigenvalue weighted by Gasteiger charge is 2.25. The van der Waals surface area contributed by atoms with Crippen LogP contribution in [0.3, 0.4) is 0 Å². The van der Waals surface area contributed by atoms with Crippen molar-refractivity contribution in [2.45, 2.75) is 18.8 Å². The maximum absolute atomic E-state index is 11.9. The number of carbonyl (C=O) groups excluding carboxylic acids is 1. The summed E-state index contributed by atoms with van der Waals surface area (Å²) in [5.41, 5.74) is 1.02. The zero-order valence-corrected chi connectivity index (χ0v) is 12.1. The van der Waals surface area contributed by atoms with Gasteiger partial charge in [0.25, 0.3) is 0 Å². The zero-order valence-electron chi connectivity index (χ0n) is 10.6. The van der Waals surface area contributed by atoms with E-state index in [9.17, 15) is 4.79 Å². The molecule has 1 aliphatic rings. The van der Waals surface area contributed by atoms with Crippen LogP contribution in [-0.4, -0.2) is 37.6 Å². The zero-order chi connectivity index (χ0) is 13.0. The Hall–Kier alpha value is -0.870. The monoisotopic (exact) mass is 311 g/mol. The van der Waals surface area contributed by atoms with Crippen LogP contribution >= 0.6 is 15.9 Å². The van der Waals surface area contributed by atoms with Gasteiger partial charge in [0.15, 0.2) is 0 Å². The molecule has 98 valence electrons. The molecule has 0 aliphatic carbocycles. The van der Waals surface area contributed by atoms with E-state index in [4.69, 9.17) is 4.74 Å². The van der Waals surface area contributed by atoms with Gasteiger partial charge < -0.3 is 9.64 Å². The Morgan fingerprint density at radius 2 is 1.94 bits per heavy atom. The van der Waals surface area contributed by atoms with Gasteiger partial charge in [0.2, 0.25) is 0 Å². The Morgan fingerprint density at radius 1 is 1.33 bits per heavy atom. The standard InChI is InChI=1S/C14H18BrNO2/c1-18-14(17)13(10-16-8-2-3-9-16)11-4-6-12(15)7-5-11/h4-7,13H,2-3,8-10H2,1H3. The van der Waals surface area contributed by atoms with Crippen molar-refractivity contribution in [2.75, 3.05) is 26.7 Å². The van der Waals surface area contributed by atoms with E-state index >= 15 is 0 Å². The van der Waals surface area contributed by atoms with Crippen LogP contribution in [0.5, 0.6) is 0 Å². The summed E-state index contributed by atoms with van der Waals surface area (Å²) in [6.07, 6.45) is 2.46. The van der Waals surface area contributed by atoms with Crippen molar-refractivity contribution in [2.24, 2.45) is 0 Å². The van der Waals surface area contributed by atoms with Gasteiger partial charge in [-0.05, 0) is 43.6 Å². The maximum Gasteiger partial charge on any atom is 0.314 e. The lowest BCUT2D eigenvalue weighted by Crippen LogP contribution is -2.30. The van der Waals surface area contributed by atoms with E-state index in [0.717, 1.165) is 29.7 Å². The number of nitrogens with zero attached hydrogens (tertiary/aromatic N) is 1. The summed E-state index contributed by atoms with van der Waals surface area (Å²) >= 11 is 3.41. The molecule has 0 amide bonds. The number of carbonyl (C=O) groups is 1. The number of halogens is 1. The SMILES string of the molecule is COC(=O)C(CN1CCCC1)c1ccc(Br)cc1. The van der Waals surface area contributed by atoms with Crippen molar-refractivity contribution in [3.8, 4) is 0 Å². The highest BCUT2D eigenvalue weighted by molar-refractivity contribution is 9.10. The summed E-state index contributed by atoms with van der Waals surface area (Å²) in [7, 11) is 1.46. The molecule has 0 N–H and O–H groups in total. The topological polar surface area (TPSA) is 29.5 Å². The summed E-state index contributed by atoms with van der Waals surface area (Å²) in [4.78, 5) is 14.3. The van der Waals surface area contributed by atoms with E-state index in [0.29, 0.717) is 0 Å². The molecule has 0 bridgehead atoms. The van der Waals surface area contributed by atoms with Crippen molar-refractivity contribution >= 4 is 21.9 Å². The molecule has 1 aliphatic heterocycles. The minimum atomic E-state index is -0.179. The van der Waals surface area contributed by atoms with Gasteiger partial charge in [-0.15, -0.1) is 0 Å². The van der Waals surface area contributed by atoms with Gasteiger partial charge in [0, 0.05) is 11.0 Å². The van der Waals surface area contributed by atoms with E-state index < -0.39 is 0 Å². The molecule has 0 saturated carbocycles. The lowest BCUT2D eigenvalue weighted by Gasteiger charge is -2.22. The fraction of sp³-hybridized carbons (Fsp3) is 0.500. The smallest absolute Gasteiger partial charge is 0.314 e. The Bertz CT molecular complexity index is 399. The van der Waals surface area contributed by atoms with Crippen LogP contribution < -0.4 is 0 Å². The molecule has 0 aromatic heterocycles. The van der Waals surface area contributed by atoms with Crippen LogP contribution in [0.1, 0.15) is 24.3 Å². The predicted molar refractivity (Wildman–Crippen MR) is 74.6 cm³/mol. The molecule has 0 radical (unpaired) electrons. The first-order valence-corrected chi connectivity index (χ1v) is 7.05. The van der Waals surface area contributed by atoms with E-state index in [-0.39, 0.29) is 11.9 Å². The van der Waals surface area contributed by atoms with Gasteiger partial charge in [0.1, 0.15) is 0 Å². The quantitative estimate of drug-likeness (QED) is 0.801. The molecule has 4 heteroatoms. The molecule has 2 rings (SSSR count). The van der Waals surface area contributed by atoms with Gasteiger partial charge in [0.05, 0.1) is 13.0 Å². The molecule has 1 atom stereocenters. The molecule has 1 fully saturated rings. The maximum atomic E-state index is 11.9. The van der Waals surface area contributed by atoms with Crippen molar-refractivity contribution in [1.29, 1.82) is 0 Å². The lowest BCUT2D eigenvalue weighted by molar-refractivity contribution is -0.142. The summed E-state index contributed by atoms with van der Waals surface area (Å²) in [5, 5.41) is 0. The molecule has 3 nitrogen and oxygen atoms in total. The second-order valence-electron chi connectivity index (χ2n) is 4.64. The molecule has 1 heterocycles. The average molecular weight is 312 g/mol. The third kappa shape index (κ3) is 3.33. The Morgan fingerprint density at radius 3 is 2.50 bits per heavy atom. The van der Waals surface area contributed by atoms with Crippen molar-refractivity contribution < 1.29 is 9.53 Å². The van der Waals surface area contributed by atoms with Crippen LogP contribution in [-0.2, 0) is 9.53 Å². The minimum absolute atomic E-state index is 0.149. The third-order valence-electron chi connectivity index (χ3n) is 3.40. The van der Waals surface area contributed by atoms with Gasteiger partial charge in [-0.1, -0.05) is 28.1 Å². The van der Waals surface area contributed by atoms with Gasteiger partial charge in [-0.2, -0.15) is 0 Å². The first-order chi connectivity index (χ1) is 8.70. The first kappa shape index (κ1) is 13.6. The number of esters is 1. The molecule has 1 aromatic carbocycles. The number of hydrogen-bond donors (Lipinski definition) is 0. The fourth-order valence-corrected chi connectivity index (χ4v) is 2.64. The molecule has 0 spiro atoms. The number of rotatable bonds is 4. The highest BCUT2D eigenvalue weighted by Crippen LogP contribution is 2.23. The Kier molecular flexibility index (Phi) is 4.78. The number of ether oxygens (including phenoxy) is 1. The molecule has 18 heavy (non-hydrogen) atoms. The van der Waals surface area contributed by atoms with Crippen molar-refractivity contribution in [3.05, 3.63) is 34.3 Å². The van der Waals surface area contributed by atoms with Crippen LogP contribution in [0.4, 0.5) is 0 Å². The van der Waals surface area contributed by atoms with E-state index in [1.54, 1.807) is 0 Å². The average Bonchev–Trinajstić information content (AvgIpc) is 2.89. The summed E-state index contributed by atoms with van der Waals surface area (Å²) < 4.78 is 5.95. The van der Waals surface area contributed by atoms with Gasteiger partial charge >= 0.3 is 5.97 Å². The lowest BCUT2D eigenvalue weighted by atomic mass is 9.99. The summed E-state index contributed by atoms with van der Waals surface area (Å²) in [5.74, 6) is -0.328. The fourth-order valence-electron chi connectivity index (χ4n) is 2.38. The van der Waals surface area contributed by atoms with E-state index in [1.807, 2.05) is 24.3 Å². The first-order valence-electron chi connectivity index (χ1n) is 6.26. The highest BCUT2D eigenvalue weighted by atomic mass is 79.9. The van der Waals surface area contributed by atoms with Crippen LogP contribution in [0.2, 0.25) is 0 Å². The number of benzene rings is 1. The Labute approximate surface area is 116 Å². The second-order valence-corrected chi connectivity index (χ2v) is 5.55. The summed E-state index contributed by atoms with van der Waals surface area (Å²) in [6, 6.07) is 7.91. The number of methoxy groups -OCH3 is 1. The van der Waals surface area contributed by atoms with E-state index in [2.05, 4.69) is 20.8 Å². The van der Waals surface area contributed by atoms with Crippen LogP contribution in [0.15, 0.2) is 28.7 Å². The molecular formula is C14H18BrNO2. The molecule has 1 unspecified atom stereocenters. The van der Waals surface area contributed by atoms with Crippen molar-refractivity contribution in [3.63, 3.8) is 0 Å². The minimum Gasteiger partial charge on any atom is -0.469 e. The predicted octanol–water partition coefficient (Wildman–Crippen LogP) is 2.80. The van der Waals surface area contributed by atoms with Gasteiger partial charge in [-0.3, -0.25) is 4.79 Å². The summed E-state index contributed by atoms with van der Waals surface area (Å²) in [6.45, 7) is 2.93. The van der Waals surface area contributed by atoms with E-state index in [1.165, 1.54) is 20.0 Å². The van der Waals surface area contributed by atoms with Gasteiger partial charge in [-0.25, -0.2) is 0 Å². The van der Waals surface area contributed by atoms with Crippen LogP contribution in [0, 0.1) is 0 Å². The van der Waals surface area contributed by atoms with Crippen LogP contribution in [0.25, 0.3) is 0 Å². The second kappa shape index (κ2) is 6.34. The number of hydrogen-bond acceptors (Lipinski definition) is 3. The number of likely N-dealkylation sites (tertiary alicyclic amines) is 1. The third-order valence-corrected chi connectivity index (χ3v) is 3.93. The molecular weight excluding hydrogens is 294 g/mol. The normalized spacial score (nSPS) is 17.7. The largest absolute Gasteiger partial charge is 0.469 e. The molecule has 1 aromatic rings. The Balaban J connectivity index is 2.13.